The van der Waals surface area contributed by atoms with Gasteiger partial charge in [-0.3, -0.25) is 9.78 Å². The molecule has 30 heavy (non-hydrogen) atoms. The van der Waals surface area contributed by atoms with Crippen molar-refractivity contribution in [1.82, 2.24) is 4.98 Å². The second kappa shape index (κ2) is 9.19. The minimum absolute atomic E-state index is 0.0379. The number of carbonyl (C=O) groups is 3. The van der Waals surface area contributed by atoms with Crippen molar-refractivity contribution in [3.8, 4) is 16.2 Å². The number of anilines is 1. The zero-order chi connectivity index (χ0) is 21.7. The van der Waals surface area contributed by atoms with E-state index < -0.39 is 18.5 Å². The predicted molar refractivity (Wildman–Crippen MR) is 111 cm³/mol. The molecule has 0 unspecified atom stereocenters. The van der Waals surface area contributed by atoms with E-state index in [0.29, 0.717) is 21.7 Å². The Balaban J connectivity index is 1.84. The molecule has 0 aliphatic carbocycles. The van der Waals surface area contributed by atoms with Gasteiger partial charge in [-0.1, -0.05) is 18.2 Å². The highest BCUT2D eigenvalue weighted by molar-refractivity contribution is 7.18. The third-order valence-electron chi connectivity index (χ3n) is 4.12. The standard InChI is InChI=1S/C21H18N2O6S/c1-12-18(29-11-17(25)26)20(21(27)28)30-19(12)14-5-2-6-15(9-14)23-16(24)8-13-4-3-7-22-10-13/h2-7,9-10H,8,11H2,1H3,(H,23,24)(H,25,26)(H,27,28). The minimum atomic E-state index is -1.20. The van der Waals surface area contributed by atoms with Crippen LogP contribution in [0, 0.1) is 6.92 Å². The summed E-state index contributed by atoms with van der Waals surface area (Å²) in [6.07, 6.45) is 3.43. The highest BCUT2D eigenvalue weighted by Gasteiger charge is 2.23. The fourth-order valence-electron chi connectivity index (χ4n) is 2.85. The molecule has 0 radical (unpaired) electrons. The van der Waals surface area contributed by atoms with Crippen LogP contribution >= 0.6 is 11.3 Å². The van der Waals surface area contributed by atoms with Gasteiger partial charge in [0.2, 0.25) is 5.91 Å². The Morgan fingerprint density at radius 2 is 1.97 bits per heavy atom. The van der Waals surface area contributed by atoms with Gasteiger partial charge in [-0.15, -0.1) is 11.3 Å². The van der Waals surface area contributed by atoms with Crippen molar-refractivity contribution in [3.05, 3.63) is 64.8 Å². The summed E-state index contributed by atoms with van der Waals surface area (Å²) in [6, 6.07) is 10.5. The summed E-state index contributed by atoms with van der Waals surface area (Å²) >= 11 is 0.991. The molecule has 0 aliphatic rings. The van der Waals surface area contributed by atoms with Crippen molar-refractivity contribution in [2.45, 2.75) is 13.3 Å². The van der Waals surface area contributed by atoms with E-state index in [1.165, 1.54) is 0 Å². The van der Waals surface area contributed by atoms with E-state index in [0.717, 1.165) is 16.9 Å². The Morgan fingerprint density at radius 3 is 2.63 bits per heavy atom. The number of carbonyl (C=O) groups excluding carboxylic acids is 1. The molecule has 0 saturated carbocycles. The number of ether oxygens (including phenoxy) is 1. The lowest BCUT2D eigenvalue weighted by Crippen LogP contribution is -2.14. The Bertz CT molecular complexity index is 1090. The number of rotatable bonds is 8. The Labute approximate surface area is 175 Å². The number of hydrogen-bond donors (Lipinski definition) is 3. The molecule has 154 valence electrons. The number of carboxylic acids is 2. The topological polar surface area (TPSA) is 126 Å². The number of aromatic nitrogens is 1. The highest BCUT2D eigenvalue weighted by atomic mass is 32.1. The van der Waals surface area contributed by atoms with Crippen LogP contribution in [0.1, 0.15) is 20.8 Å². The number of nitrogens with one attached hydrogen (secondary N) is 1. The molecule has 2 aromatic heterocycles. The van der Waals surface area contributed by atoms with Crippen LogP contribution in [0.4, 0.5) is 5.69 Å². The average molecular weight is 426 g/mol. The van der Waals surface area contributed by atoms with Crippen LogP contribution < -0.4 is 10.1 Å². The number of aliphatic carboxylic acids is 1. The van der Waals surface area contributed by atoms with E-state index in [-0.39, 0.29) is 23.0 Å². The third-order valence-corrected chi connectivity index (χ3v) is 5.43. The van der Waals surface area contributed by atoms with E-state index in [1.54, 1.807) is 49.6 Å². The zero-order valence-corrected chi connectivity index (χ0v) is 16.7. The molecule has 0 spiro atoms. The van der Waals surface area contributed by atoms with Gasteiger partial charge in [-0.25, -0.2) is 9.59 Å². The Morgan fingerprint density at radius 1 is 1.17 bits per heavy atom. The molecule has 1 amide bonds. The number of thiophene rings is 1. The van der Waals surface area contributed by atoms with Gasteiger partial charge in [0.1, 0.15) is 5.75 Å². The molecule has 0 saturated heterocycles. The molecular weight excluding hydrogens is 408 g/mol. The maximum absolute atomic E-state index is 12.3. The molecule has 0 fully saturated rings. The van der Waals surface area contributed by atoms with Gasteiger partial charge < -0.3 is 20.3 Å². The molecule has 9 heteroatoms. The normalized spacial score (nSPS) is 10.4. The lowest BCUT2D eigenvalue weighted by molar-refractivity contribution is -0.139. The summed E-state index contributed by atoms with van der Waals surface area (Å²) < 4.78 is 5.21. The summed E-state index contributed by atoms with van der Waals surface area (Å²) in [6.45, 7) is 1.03. The summed E-state index contributed by atoms with van der Waals surface area (Å²) in [7, 11) is 0. The largest absolute Gasteiger partial charge is 0.480 e. The minimum Gasteiger partial charge on any atom is -0.480 e. The van der Waals surface area contributed by atoms with Crippen molar-refractivity contribution in [2.24, 2.45) is 0 Å². The third kappa shape index (κ3) is 5.00. The van der Waals surface area contributed by atoms with E-state index in [4.69, 9.17) is 9.84 Å². The first-order valence-corrected chi connectivity index (χ1v) is 9.67. The maximum Gasteiger partial charge on any atom is 0.349 e. The monoisotopic (exact) mass is 426 g/mol. The maximum atomic E-state index is 12.3. The van der Waals surface area contributed by atoms with Crippen LogP contribution in [0.15, 0.2) is 48.8 Å². The molecule has 0 atom stereocenters. The quantitative estimate of drug-likeness (QED) is 0.503. The molecule has 0 bridgehead atoms. The van der Waals surface area contributed by atoms with Crippen molar-refractivity contribution >= 4 is 34.9 Å². The van der Waals surface area contributed by atoms with Crippen LogP contribution in [0.2, 0.25) is 0 Å². The first-order valence-electron chi connectivity index (χ1n) is 8.85. The highest BCUT2D eigenvalue weighted by Crippen LogP contribution is 2.42. The van der Waals surface area contributed by atoms with Gasteiger partial charge in [0.05, 0.1) is 6.42 Å². The van der Waals surface area contributed by atoms with E-state index >= 15 is 0 Å². The summed E-state index contributed by atoms with van der Waals surface area (Å²) in [4.78, 5) is 39.2. The Kier molecular flexibility index (Phi) is 6.43. The van der Waals surface area contributed by atoms with Crippen LogP contribution in [-0.2, 0) is 16.0 Å². The van der Waals surface area contributed by atoms with Gasteiger partial charge in [0, 0.05) is 28.5 Å². The molecule has 3 N–H and O–H groups in total. The van der Waals surface area contributed by atoms with Gasteiger partial charge in [0.25, 0.3) is 0 Å². The van der Waals surface area contributed by atoms with E-state index in [9.17, 15) is 19.5 Å². The first-order chi connectivity index (χ1) is 14.3. The second-order valence-electron chi connectivity index (χ2n) is 6.37. The predicted octanol–water partition coefficient (Wildman–Crippen LogP) is 3.46. The van der Waals surface area contributed by atoms with Crippen LogP contribution in [-0.4, -0.2) is 39.6 Å². The number of pyridine rings is 1. The van der Waals surface area contributed by atoms with Gasteiger partial charge in [-0.05, 0) is 36.2 Å². The molecule has 3 rings (SSSR count). The first kappa shape index (κ1) is 21.0. The van der Waals surface area contributed by atoms with Crippen molar-refractivity contribution in [3.63, 3.8) is 0 Å². The van der Waals surface area contributed by atoms with Gasteiger partial charge in [-0.2, -0.15) is 0 Å². The number of carboxylic acid groups (broad SMARTS) is 2. The van der Waals surface area contributed by atoms with Gasteiger partial charge >= 0.3 is 11.9 Å². The molecule has 8 nitrogen and oxygen atoms in total. The number of hydrogen-bond acceptors (Lipinski definition) is 6. The Hall–Kier alpha value is -3.72. The molecule has 2 heterocycles. The molecular formula is C21H18N2O6S. The summed E-state index contributed by atoms with van der Waals surface area (Å²) in [5, 5.41) is 21.1. The SMILES string of the molecule is Cc1c(-c2cccc(NC(=O)Cc3cccnc3)c2)sc(C(=O)O)c1OCC(=O)O. The van der Waals surface area contributed by atoms with Gasteiger partial charge in [0.15, 0.2) is 11.5 Å². The van der Waals surface area contributed by atoms with Crippen molar-refractivity contribution in [2.75, 3.05) is 11.9 Å². The molecule has 0 aliphatic heterocycles. The van der Waals surface area contributed by atoms with E-state index in [1.807, 2.05) is 6.07 Å². The fourth-order valence-corrected chi connectivity index (χ4v) is 3.94. The fraction of sp³-hybridized carbons (Fsp3) is 0.143. The number of nitrogens with zero attached hydrogens (tertiary/aromatic N) is 1. The second-order valence-corrected chi connectivity index (χ2v) is 7.39. The number of benzene rings is 1. The van der Waals surface area contributed by atoms with Crippen LogP contribution in [0.3, 0.4) is 0 Å². The van der Waals surface area contributed by atoms with Crippen LogP contribution in [0.25, 0.3) is 10.4 Å². The molecule has 3 aromatic rings. The average Bonchev–Trinajstić information content (AvgIpc) is 3.04. The zero-order valence-electron chi connectivity index (χ0n) is 15.9. The lowest BCUT2D eigenvalue weighted by atomic mass is 10.1. The lowest BCUT2D eigenvalue weighted by Gasteiger charge is -2.08. The number of aromatic carboxylic acids is 1. The molecule has 1 aromatic carbocycles. The van der Waals surface area contributed by atoms with Crippen molar-refractivity contribution < 1.29 is 29.3 Å². The van der Waals surface area contributed by atoms with Crippen LogP contribution in [0.5, 0.6) is 5.75 Å². The summed E-state index contributed by atoms with van der Waals surface area (Å²) in [5.74, 6) is -2.57. The van der Waals surface area contributed by atoms with E-state index in [2.05, 4.69) is 10.3 Å². The number of amides is 1. The summed E-state index contributed by atoms with van der Waals surface area (Å²) in [5.41, 5.74) is 2.55. The smallest absolute Gasteiger partial charge is 0.349 e. The van der Waals surface area contributed by atoms with Crippen molar-refractivity contribution in [1.29, 1.82) is 0 Å².